The van der Waals surface area contributed by atoms with Gasteiger partial charge in [0.25, 0.3) is 0 Å². The summed E-state index contributed by atoms with van der Waals surface area (Å²) in [6.45, 7) is 3.74. The van der Waals surface area contributed by atoms with Crippen LogP contribution in [-0.2, 0) is 0 Å². The molecular weight excluding hydrogens is 188 g/mol. The lowest BCUT2D eigenvalue weighted by Gasteiger charge is -2.17. The van der Waals surface area contributed by atoms with E-state index in [4.69, 9.17) is 5.73 Å². The second-order valence-corrected chi connectivity index (χ2v) is 3.80. The molecule has 4 heteroatoms. The Hall–Kier alpha value is -1.16. The topological polar surface area (TPSA) is 55.0 Å². The third kappa shape index (κ3) is 4.25. The fraction of sp³-hybridized carbons (Fsp3) is 0.636. The molecule has 1 aromatic rings. The minimum absolute atomic E-state index is 0.786. The summed E-state index contributed by atoms with van der Waals surface area (Å²) in [7, 11) is 2.04. The standard InChI is InChI=1S/C11H20N4/c1-10-6-7-11(14-13-10)15(2)9-5-3-4-8-12/h6-7H,3-5,8-9,12H2,1-2H3. The maximum Gasteiger partial charge on any atom is 0.150 e. The molecule has 0 bridgehead atoms. The summed E-state index contributed by atoms with van der Waals surface area (Å²) in [6.07, 6.45) is 3.44. The SMILES string of the molecule is Cc1ccc(N(C)CCCCCN)nn1. The Labute approximate surface area is 91.5 Å². The van der Waals surface area contributed by atoms with Gasteiger partial charge in [-0.15, -0.1) is 5.10 Å². The summed E-state index contributed by atoms with van der Waals surface area (Å²) in [5, 5.41) is 8.16. The Morgan fingerprint density at radius 1 is 1.20 bits per heavy atom. The van der Waals surface area contributed by atoms with Crippen LogP contribution in [0.3, 0.4) is 0 Å². The number of nitrogens with zero attached hydrogens (tertiary/aromatic N) is 3. The predicted molar refractivity (Wildman–Crippen MR) is 62.9 cm³/mol. The molecule has 84 valence electrons. The van der Waals surface area contributed by atoms with E-state index in [2.05, 4.69) is 15.1 Å². The van der Waals surface area contributed by atoms with Crippen molar-refractivity contribution in [3.05, 3.63) is 17.8 Å². The average Bonchev–Trinajstić information content (AvgIpc) is 2.25. The van der Waals surface area contributed by atoms with E-state index in [9.17, 15) is 0 Å². The van der Waals surface area contributed by atoms with Crippen LogP contribution < -0.4 is 10.6 Å². The Balaban J connectivity index is 2.33. The van der Waals surface area contributed by atoms with Crippen LogP contribution in [0.1, 0.15) is 25.0 Å². The van der Waals surface area contributed by atoms with Crippen molar-refractivity contribution >= 4 is 5.82 Å². The van der Waals surface area contributed by atoms with E-state index >= 15 is 0 Å². The number of anilines is 1. The van der Waals surface area contributed by atoms with Crippen LogP contribution in [0.2, 0.25) is 0 Å². The number of nitrogens with two attached hydrogens (primary N) is 1. The Bertz CT molecular complexity index is 270. The normalized spacial score (nSPS) is 10.3. The van der Waals surface area contributed by atoms with Gasteiger partial charge < -0.3 is 10.6 Å². The molecule has 2 N–H and O–H groups in total. The third-order valence-electron chi connectivity index (χ3n) is 2.37. The molecule has 0 radical (unpaired) electrons. The van der Waals surface area contributed by atoms with Crippen molar-refractivity contribution in [1.29, 1.82) is 0 Å². The van der Waals surface area contributed by atoms with Crippen LogP contribution in [0.25, 0.3) is 0 Å². The first-order chi connectivity index (χ1) is 7.24. The van der Waals surface area contributed by atoms with Gasteiger partial charge >= 0.3 is 0 Å². The Morgan fingerprint density at radius 2 is 2.00 bits per heavy atom. The first kappa shape index (κ1) is 11.9. The lowest BCUT2D eigenvalue weighted by atomic mass is 10.2. The van der Waals surface area contributed by atoms with E-state index < -0.39 is 0 Å². The number of aromatic nitrogens is 2. The molecular formula is C11H20N4. The molecule has 0 aliphatic rings. The summed E-state index contributed by atoms with van der Waals surface area (Å²) in [5.41, 5.74) is 6.39. The number of rotatable bonds is 6. The minimum Gasteiger partial charge on any atom is -0.358 e. The first-order valence-corrected chi connectivity index (χ1v) is 5.45. The van der Waals surface area contributed by atoms with Gasteiger partial charge in [0.2, 0.25) is 0 Å². The molecule has 0 aromatic carbocycles. The zero-order chi connectivity index (χ0) is 11.1. The highest BCUT2D eigenvalue weighted by atomic mass is 15.2. The summed E-state index contributed by atoms with van der Waals surface area (Å²) in [6, 6.07) is 3.99. The van der Waals surface area contributed by atoms with Gasteiger partial charge in [0, 0.05) is 13.6 Å². The van der Waals surface area contributed by atoms with Crippen LogP contribution in [-0.4, -0.2) is 30.3 Å². The molecule has 0 aliphatic heterocycles. The average molecular weight is 208 g/mol. The molecule has 1 heterocycles. The van der Waals surface area contributed by atoms with Gasteiger partial charge in [-0.05, 0) is 38.4 Å². The van der Waals surface area contributed by atoms with Crippen LogP contribution in [0.5, 0.6) is 0 Å². The zero-order valence-electron chi connectivity index (χ0n) is 9.61. The van der Waals surface area contributed by atoms with E-state index in [0.29, 0.717) is 0 Å². The van der Waals surface area contributed by atoms with Crippen LogP contribution >= 0.6 is 0 Å². The molecule has 15 heavy (non-hydrogen) atoms. The molecule has 0 atom stereocenters. The minimum atomic E-state index is 0.786. The van der Waals surface area contributed by atoms with Crippen molar-refractivity contribution in [2.45, 2.75) is 26.2 Å². The van der Waals surface area contributed by atoms with Gasteiger partial charge in [0.05, 0.1) is 5.69 Å². The van der Waals surface area contributed by atoms with Crippen molar-refractivity contribution < 1.29 is 0 Å². The van der Waals surface area contributed by atoms with Gasteiger partial charge in [-0.2, -0.15) is 5.10 Å². The maximum absolute atomic E-state index is 5.44. The monoisotopic (exact) mass is 208 g/mol. The van der Waals surface area contributed by atoms with Crippen molar-refractivity contribution in [2.75, 3.05) is 25.0 Å². The Kier molecular flexibility index (Phi) is 5.04. The molecule has 0 spiro atoms. The van der Waals surface area contributed by atoms with Crippen LogP contribution in [0, 0.1) is 6.92 Å². The van der Waals surface area contributed by atoms with Crippen LogP contribution in [0.15, 0.2) is 12.1 Å². The molecule has 0 amide bonds. The fourth-order valence-electron chi connectivity index (χ4n) is 1.38. The highest BCUT2D eigenvalue weighted by Gasteiger charge is 2.01. The van der Waals surface area contributed by atoms with E-state index in [-0.39, 0.29) is 0 Å². The van der Waals surface area contributed by atoms with Crippen molar-refractivity contribution in [3.8, 4) is 0 Å². The molecule has 0 saturated carbocycles. The summed E-state index contributed by atoms with van der Waals surface area (Å²) < 4.78 is 0. The van der Waals surface area contributed by atoms with Gasteiger partial charge in [-0.25, -0.2) is 0 Å². The van der Waals surface area contributed by atoms with E-state index in [0.717, 1.165) is 37.4 Å². The van der Waals surface area contributed by atoms with E-state index in [1.165, 1.54) is 6.42 Å². The lowest BCUT2D eigenvalue weighted by Crippen LogP contribution is -2.20. The number of unbranched alkanes of at least 4 members (excludes halogenated alkanes) is 2. The van der Waals surface area contributed by atoms with Crippen molar-refractivity contribution in [3.63, 3.8) is 0 Å². The van der Waals surface area contributed by atoms with Crippen molar-refractivity contribution in [2.24, 2.45) is 5.73 Å². The molecule has 1 rings (SSSR count). The van der Waals surface area contributed by atoms with Gasteiger partial charge in [-0.1, -0.05) is 6.42 Å². The molecule has 0 fully saturated rings. The summed E-state index contributed by atoms with van der Waals surface area (Å²) >= 11 is 0. The van der Waals surface area contributed by atoms with E-state index in [1.54, 1.807) is 0 Å². The molecule has 1 aromatic heterocycles. The second-order valence-electron chi connectivity index (χ2n) is 3.80. The highest BCUT2D eigenvalue weighted by Crippen LogP contribution is 2.08. The predicted octanol–water partition coefficient (Wildman–Crippen LogP) is 1.35. The second kappa shape index (κ2) is 6.35. The summed E-state index contributed by atoms with van der Waals surface area (Å²) in [4.78, 5) is 2.13. The molecule has 0 aliphatic carbocycles. The van der Waals surface area contributed by atoms with Gasteiger partial charge in [0.1, 0.15) is 0 Å². The van der Waals surface area contributed by atoms with Gasteiger partial charge in [-0.3, -0.25) is 0 Å². The first-order valence-electron chi connectivity index (χ1n) is 5.45. The van der Waals surface area contributed by atoms with Gasteiger partial charge in [0.15, 0.2) is 5.82 Å². The van der Waals surface area contributed by atoms with Crippen LogP contribution in [0.4, 0.5) is 5.82 Å². The number of hydrogen-bond donors (Lipinski definition) is 1. The highest BCUT2D eigenvalue weighted by molar-refractivity contribution is 5.35. The lowest BCUT2D eigenvalue weighted by molar-refractivity contribution is 0.674. The fourth-order valence-corrected chi connectivity index (χ4v) is 1.38. The van der Waals surface area contributed by atoms with E-state index in [1.807, 2.05) is 26.1 Å². The zero-order valence-corrected chi connectivity index (χ0v) is 9.61. The molecule has 0 saturated heterocycles. The Morgan fingerprint density at radius 3 is 2.60 bits per heavy atom. The summed E-state index contributed by atoms with van der Waals surface area (Å²) in [5.74, 6) is 0.938. The molecule has 4 nitrogen and oxygen atoms in total. The molecule has 0 unspecified atom stereocenters. The largest absolute Gasteiger partial charge is 0.358 e. The van der Waals surface area contributed by atoms with Crippen molar-refractivity contribution in [1.82, 2.24) is 10.2 Å². The quantitative estimate of drug-likeness (QED) is 0.717. The number of aryl methyl sites for hydroxylation is 1. The maximum atomic E-state index is 5.44. The number of hydrogen-bond acceptors (Lipinski definition) is 4. The smallest absolute Gasteiger partial charge is 0.150 e. The third-order valence-corrected chi connectivity index (χ3v) is 2.37.